The number of ketones is 1. The number of anilines is 2. The van der Waals surface area contributed by atoms with Crippen LogP contribution in [0.2, 0.25) is 0 Å². The number of sulfonamides is 1. The second kappa shape index (κ2) is 7.15. The van der Waals surface area contributed by atoms with E-state index in [1.54, 1.807) is 29.2 Å². The third-order valence-corrected chi connectivity index (χ3v) is 5.86. The topological polar surface area (TPSA) is 74.8 Å². The number of carbonyl (C=O) groups is 2. The van der Waals surface area contributed by atoms with Crippen molar-refractivity contribution >= 4 is 33.1 Å². The van der Waals surface area contributed by atoms with E-state index in [9.17, 15) is 18.0 Å². The molecular weight excluding hydrogens is 364 g/mol. The molecular formula is C20H22N2O4S. The summed E-state index contributed by atoms with van der Waals surface area (Å²) in [6, 6.07) is 13.8. The summed E-state index contributed by atoms with van der Waals surface area (Å²) in [5, 5.41) is 0. The Bertz CT molecular complexity index is 983. The first-order valence-corrected chi connectivity index (χ1v) is 10.5. The van der Waals surface area contributed by atoms with Gasteiger partial charge in [-0.05, 0) is 56.2 Å². The zero-order chi connectivity index (χ0) is 19.8. The molecule has 2 aromatic rings. The number of rotatable bonds is 5. The van der Waals surface area contributed by atoms with Gasteiger partial charge in [0.15, 0.2) is 5.78 Å². The quantitative estimate of drug-likeness (QED) is 0.741. The van der Waals surface area contributed by atoms with Crippen molar-refractivity contribution in [2.24, 2.45) is 0 Å². The maximum atomic E-state index is 13.0. The zero-order valence-electron chi connectivity index (χ0n) is 15.5. The second-order valence-electron chi connectivity index (χ2n) is 6.82. The summed E-state index contributed by atoms with van der Waals surface area (Å²) >= 11 is 0. The predicted molar refractivity (Wildman–Crippen MR) is 106 cm³/mol. The molecule has 2 aromatic carbocycles. The van der Waals surface area contributed by atoms with E-state index in [-0.39, 0.29) is 24.3 Å². The molecule has 1 aliphatic heterocycles. The molecule has 3 rings (SSSR count). The molecule has 0 bridgehead atoms. The molecule has 0 saturated heterocycles. The maximum absolute atomic E-state index is 13.0. The number of Topliss-reactive ketones (excluding diaryl/α,β-unsaturated/α-hetero) is 1. The van der Waals surface area contributed by atoms with Gasteiger partial charge in [-0.1, -0.05) is 18.2 Å². The lowest BCUT2D eigenvalue weighted by atomic mass is 10.1. The van der Waals surface area contributed by atoms with Crippen LogP contribution < -0.4 is 9.21 Å². The molecule has 0 spiro atoms. The molecule has 1 unspecified atom stereocenters. The van der Waals surface area contributed by atoms with Gasteiger partial charge in [-0.15, -0.1) is 0 Å². The summed E-state index contributed by atoms with van der Waals surface area (Å²) in [5.74, 6) is -0.389. The Morgan fingerprint density at radius 3 is 2.33 bits per heavy atom. The number of para-hydroxylation sites is 1. The van der Waals surface area contributed by atoms with E-state index >= 15 is 0 Å². The SMILES string of the molecule is CC(=O)c1ccc(N(CC(=O)N2c3ccccc3CC2C)S(C)(=O)=O)cc1. The minimum Gasteiger partial charge on any atom is -0.307 e. The van der Waals surface area contributed by atoms with Gasteiger partial charge >= 0.3 is 0 Å². The normalized spacial score (nSPS) is 16.1. The fourth-order valence-electron chi connectivity index (χ4n) is 3.41. The number of fused-ring (bicyclic) bond motifs is 1. The third-order valence-electron chi connectivity index (χ3n) is 4.72. The first kappa shape index (κ1) is 19.1. The monoisotopic (exact) mass is 386 g/mol. The van der Waals surface area contributed by atoms with Crippen LogP contribution in [0.3, 0.4) is 0 Å². The van der Waals surface area contributed by atoms with E-state index in [0.717, 1.165) is 28.2 Å². The second-order valence-corrected chi connectivity index (χ2v) is 8.73. The molecule has 27 heavy (non-hydrogen) atoms. The van der Waals surface area contributed by atoms with E-state index < -0.39 is 10.0 Å². The van der Waals surface area contributed by atoms with Gasteiger partial charge in [0.25, 0.3) is 0 Å². The van der Waals surface area contributed by atoms with Crippen molar-refractivity contribution in [2.75, 3.05) is 22.0 Å². The van der Waals surface area contributed by atoms with E-state index in [0.29, 0.717) is 11.3 Å². The summed E-state index contributed by atoms with van der Waals surface area (Å²) in [5.41, 5.74) is 2.75. The Morgan fingerprint density at radius 1 is 1.11 bits per heavy atom. The standard InChI is InChI=1S/C20H22N2O4S/c1-14-12-17-6-4-5-7-19(17)22(14)20(24)13-21(27(3,25)26)18-10-8-16(9-11-18)15(2)23/h4-11,14H,12-13H2,1-3H3. The van der Waals surface area contributed by atoms with Crippen LogP contribution in [-0.2, 0) is 21.2 Å². The van der Waals surface area contributed by atoms with Gasteiger partial charge in [0.2, 0.25) is 15.9 Å². The summed E-state index contributed by atoms with van der Waals surface area (Å²) in [6.07, 6.45) is 1.81. The van der Waals surface area contributed by atoms with E-state index in [1.807, 2.05) is 31.2 Å². The van der Waals surface area contributed by atoms with Crippen LogP contribution in [0, 0.1) is 0 Å². The molecule has 0 radical (unpaired) electrons. The molecule has 0 N–H and O–H groups in total. The number of nitrogens with zero attached hydrogens (tertiary/aromatic N) is 2. The highest BCUT2D eigenvalue weighted by molar-refractivity contribution is 7.92. The first-order valence-electron chi connectivity index (χ1n) is 8.67. The minimum atomic E-state index is -3.67. The fourth-order valence-corrected chi connectivity index (χ4v) is 4.26. The van der Waals surface area contributed by atoms with Gasteiger partial charge in [-0.3, -0.25) is 13.9 Å². The van der Waals surface area contributed by atoms with Crippen LogP contribution in [0.1, 0.15) is 29.8 Å². The van der Waals surface area contributed by atoms with Crippen LogP contribution in [-0.4, -0.2) is 39.0 Å². The average molecular weight is 386 g/mol. The Labute approximate surface area is 159 Å². The van der Waals surface area contributed by atoms with Crippen LogP contribution in [0.25, 0.3) is 0 Å². The van der Waals surface area contributed by atoms with Crippen molar-refractivity contribution in [1.82, 2.24) is 0 Å². The van der Waals surface area contributed by atoms with Gasteiger partial charge in [0, 0.05) is 17.3 Å². The van der Waals surface area contributed by atoms with Crippen molar-refractivity contribution in [3.8, 4) is 0 Å². The Morgan fingerprint density at radius 2 is 1.74 bits per heavy atom. The highest BCUT2D eigenvalue weighted by atomic mass is 32.2. The summed E-state index contributed by atoms with van der Waals surface area (Å²) in [4.78, 5) is 26.1. The molecule has 1 heterocycles. The molecule has 1 aliphatic rings. The summed E-state index contributed by atoms with van der Waals surface area (Å²) in [6.45, 7) is 3.10. The summed E-state index contributed by atoms with van der Waals surface area (Å²) in [7, 11) is -3.67. The Kier molecular flexibility index (Phi) is 5.06. The number of hydrogen-bond donors (Lipinski definition) is 0. The van der Waals surface area contributed by atoms with Gasteiger partial charge in [-0.25, -0.2) is 8.42 Å². The lowest BCUT2D eigenvalue weighted by Gasteiger charge is -2.28. The highest BCUT2D eigenvalue weighted by Gasteiger charge is 2.33. The van der Waals surface area contributed by atoms with E-state index in [1.165, 1.54) is 6.92 Å². The molecule has 1 atom stereocenters. The van der Waals surface area contributed by atoms with Crippen LogP contribution in [0.4, 0.5) is 11.4 Å². The van der Waals surface area contributed by atoms with E-state index in [4.69, 9.17) is 0 Å². The minimum absolute atomic E-state index is 0.0311. The zero-order valence-corrected chi connectivity index (χ0v) is 16.4. The molecule has 142 valence electrons. The lowest BCUT2D eigenvalue weighted by molar-refractivity contribution is -0.117. The Hall–Kier alpha value is -2.67. The van der Waals surface area contributed by atoms with Gasteiger partial charge in [0.05, 0.1) is 11.9 Å². The van der Waals surface area contributed by atoms with Crippen molar-refractivity contribution in [2.45, 2.75) is 26.3 Å². The Balaban J connectivity index is 1.90. The average Bonchev–Trinajstić information content (AvgIpc) is 2.94. The number of hydrogen-bond acceptors (Lipinski definition) is 4. The van der Waals surface area contributed by atoms with Crippen LogP contribution in [0.15, 0.2) is 48.5 Å². The van der Waals surface area contributed by atoms with Crippen LogP contribution >= 0.6 is 0 Å². The van der Waals surface area contributed by atoms with Crippen LogP contribution in [0.5, 0.6) is 0 Å². The predicted octanol–water partition coefficient (Wildman–Crippen LogP) is 2.63. The van der Waals surface area contributed by atoms with Crippen molar-refractivity contribution in [3.63, 3.8) is 0 Å². The van der Waals surface area contributed by atoms with Gasteiger partial charge in [0.1, 0.15) is 6.54 Å². The maximum Gasteiger partial charge on any atom is 0.248 e. The lowest BCUT2D eigenvalue weighted by Crippen LogP contribution is -2.45. The largest absolute Gasteiger partial charge is 0.307 e. The molecule has 0 fully saturated rings. The smallest absolute Gasteiger partial charge is 0.248 e. The molecule has 0 aromatic heterocycles. The first-order chi connectivity index (χ1) is 12.7. The molecule has 1 amide bonds. The number of carbonyl (C=O) groups excluding carboxylic acids is 2. The third kappa shape index (κ3) is 3.88. The molecule has 6 nitrogen and oxygen atoms in total. The van der Waals surface area contributed by atoms with Crippen molar-refractivity contribution in [3.05, 3.63) is 59.7 Å². The van der Waals surface area contributed by atoms with E-state index in [2.05, 4.69) is 0 Å². The van der Waals surface area contributed by atoms with Gasteiger partial charge < -0.3 is 4.90 Å². The highest BCUT2D eigenvalue weighted by Crippen LogP contribution is 2.32. The van der Waals surface area contributed by atoms with Gasteiger partial charge in [-0.2, -0.15) is 0 Å². The summed E-state index contributed by atoms with van der Waals surface area (Å²) < 4.78 is 25.7. The number of benzene rings is 2. The molecule has 0 aliphatic carbocycles. The van der Waals surface area contributed by atoms with Crippen molar-refractivity contribution < 1.29 is 18.0 Å². The fraction of sp³-hybridized carbons (Fsp3) is 0.300. The number of amides is 1. The molecule has 7 heteroatoms. The van der Waals surface area contributed by atoms with Crippen molar-refractivity contribution in [1.29, 1.82) is 0 Å². The molecule has 0 saturated carbocycles.